The quantitative estimate of drug-likeness (QED) is 0.691. The van der Waals surface area contributed by atoms with Crippen LogP contribution in [0.5, 0.6) is 0 Å². The van der Waals surface area contributed by atoms with Gasteiger partial charge >= 0.3 is 0 Å². The van der Waals surface area contributed by atoms with Gasteiger partial charge in [-0.3, -0.25) is 4.68 Å². The van der Waals surface area contributed by atoms with Crippen LogP contribution >= 0.6 is 0 Å². The second kappa shape index (κ2) is 7.42. The fourth-order valence-electron chi connectivity index (χ4n) is 1.92. The van der Waals surface area contributed by atoms with Crippen molar-refractivity contribution in [3.05, 3.63) is 17.5 Å². The minimum atomic E-state index is 0.282. The molecule has 1 atom stereocenters. The van der Waals surface area contributed by atoms with Crippen molar-refractivity contribution in [1.29, 1.82) is 0 Å². The Morgan fingerprint density at radius 2 is 2.18 bits per heavy atom. The molecule has 0 saturated carbocycles. The van der Waals surface area contributed by atoms with Crippen LogP contribution in [-0.4, -0.2) is 43.8 Å². The Hall–Kier alpha value is -0.910. The van der Waals surface area contributed by atoms with Gasteiger partial charge < -0.3 is 14.8 Å². The first-order valence-electron chi connectivity index (χ1n) is 5.93. The Morgan fingerprint density at radius 3 is 2.71 bits per heavy atom. The van der Waals surface area contributed by atoms with Crippen LogP contribution < -0.4 is 5.32 Å². The van der Waals surface area contributed by atoms with Crippen LogP contribution in [0.3, 0.4) is 0 Å². The summed E-state index contributed by atoms with van der Waals surface area (Å²) in [5.74, 6) is 0. The lowest BCUT2D eigenvalue weighted by Gasteiger charge is -2.17. The van der Waals surface area contributed by atoms with Gasteiger partial charge in [-0.2, -0.15) is 5.10 Å². The minimum absolute atomic E-state index is 0.282. The van der Waals surface area contributed by atoms with Gasteiger partial charge in [0.2, 0.25) is 0 Å². The lowest BCUT2D eigenvalue weighted by Crippen LogP contribution is -2.22. The predicted octanol–water partition coefficient (Wildman–Crippen LogP) is 1.04. The van der Waals surface area contributed by atoms with Crippen molar-refractivity contribution in [2.75, 3.05) is 34.0 Å². The summed E-state index contributed by atoms with van der Waals surface area (Å²) in [6.45, 7) is 4.10. The third-order valence-corrected chi connectivity index (χ3v) is 2.84. The number of ether oxygens (including phenoxy) is 2. The van der Waals surface area contributed by atoms with Crippen molar-refractivity contribution < 1.29 is 9.47 Å². The van der Waals surface area contributed by atoms with Crippen LogP contribution in [0.2, 0.25) is 0 Å². The summed E-state index contributed by atoms with van der Waals surface area (Å²) in [5.41, 5.74) is 2.44. The molecule has 1 heterocycles. The SMILES string of the molecule is CNC(CCOCCOC)c1c(C)cnn1C. The molecular formula is C12H23N3O2. The second-order valence-electron chi connectivity index (χ2n) is 4.07. The zero-order valence-corrected chi connectivity index (χ0v) is 11.2. The molecular weight excluding hydrogens is 218 g/mol. The van der Waals surface area contributed by atoms with E-state index in [1.54, 1.807) is 7.11 Å². The van der Waals surface area contributed by atoms with E-state index in [2.05, 4.69) is 17.3 Å². The molecule has 1 aromatic heterocycles. The molecule has 0 aliphatic rings. The fourth-order valence-corrected chi connectivity index (χ4v) is 1.92. The Balaban J connectivity index is 2.43. The van der Waals surface area contributed by atoms with Crippen LogP contribution in [0, 0.1) is 6.92 Å². The molecule has 17 heavy (non-hydrogen) atoms. The van der Waals surface area contributed by atoms with Gasteiger partial charge in [-0.25, -0.2) is 0 Å². The molecule has 0 aromatic carbocycles. The van der Waals surface area contributed by atoms with Gasteiger partial charge in [-0.1, -0.05) is 0 Å². The second-order valence-corrected chi connectivity index (χ2v) is 4.07. The number of aromatic nitrogens is 2. The molecule has 1 aromatic rings. The number of rotatable bonds is 8. The van der Waals surface area contributed by atoms with E-state index in [1.807, 2.05) is 25.0 Å². The highest BCUT2D eigenvalue weighted by atomic mass is 16.5. The van der Waals surface area contributed by atoms with Gasteiger partial charge in [-0.05, 0) is 26.0 Å². The molecule has 1 rings (SSSR count). The molecule has 0 spiro atoms. The molecule has 5 heteroatoms. The standard InChI is InChI=1S/C12H23N3O2/c1-10-9-14-15(3)12(10)11(13-2)5-6-17-8-7-16-4/h9,11,13H,5-8H2,1-4H3. The zero-order valence-electron chi connectivity index (χ0n) is 11.2. The maximum atomic E-state index is 5.49. The molecule has 0 bridgehead atoms. The van der Waals surface area contributed by atoms with Gasteiger partial charge in [0.25, 0.3) is 0 Å². The highest BCUT2D eigenvalue weighted by Gasteiger charge is 2.15. The molecule has 1 unspecified atom stereocenters. The van der Waals surface area contributed by atoms with Crippen LogP contribution in [0.25, 0.3) is 0 Å². The van der Waals surface area contributed by atoms with Gasteiger partial charge in [0.05, 0.1) is 31.1 Å². The first kappa shape index (κ1) is 14.2. The molecule has 0 aliphatic carbocycles. The first-order chi connectivity index (χ1) is 8.20. The molecule has 5 nitrogen and oxygen atoms in total. The Kier molecular flexibility index (Phi) is 6.18. The van der Waals surface area contributed by atoms with E-state index in [9.17, 15) is 0 Å². The number of hydrogen-bond acceptors (Lipinski definition) is 4. The van der Waals surface area contributed by atoms with Crippen molar-refractivity contribution in [2.24, 2.45) is 7.05 Å². The molecule has 0 aliphatic heterocycles. The Morgan fingerprint density at radius 1 is 1.41 bits per heavy atom. The number of hydrogen-bond donors (Lipinski definition) is 1. The highest BCUT2D eigenvalue weighted by molar-refractivity contribution is 5.19. The molecule has 0 amide bonds. The van der Waals surface area contributed by atoms with E-state index in [-0.39, 0.29) is 6.04 Å². The average Bonchev–Trinajstić information content (AvgIpc) is 2.65. The molecule has 1 N–H and O–H groups in total. The minimum Gasteiger partial charge on any atom is -0.382 e. The predicted molar refractivity (Wildman–Crippen MR) is 67.1 cm³/mol. The molecule has 0 fully saturated rings. The smallest absolute Gasteiger partial charge is 0.0700 e. The van der Waals surface area contributed by atoms with Gasteiger partial charge in [0, 0.05) is 20.8 Å². The van der Waals surface area contributed by atoms with E-state index in [0.29, 0.717) is 13.2 Å². The zero-order chi connectivity index (χ0) is 12.7. The summed E-state index contributed by atoms with van der Waals surface area (Å²) in [7, 11) is 5.61. The van der Waals surface area contributed by atoms with Crippen molar-refractivity contribution in [3.8, 4) is 0 Å². The summed E-state index contributed by atoms with van der Waals surface area (Å²) in [4.78, 5) is 0. The molecule has 98 valence electrons. The number of aryl methyl sites for hydroxylation is 2. The van der Waals surface area contributed by atoms with E-state index < -0.39 is 0 Å². The van der Waals surface area contributed by atoms with Gasteiger partial charge in [0.1, 0.15) is 0 Å². The summed E-state index contributed by atoms with van der Waals surface area (Å²) in [5, 5.41) is 7.56. The summed E-state index contributed by atoms with van der Waals surface area (Å²) in [6, 6.07) is 0.282. The van der Waals surface area contributed by atoms with Crippen LogP contribution in [0.15, 0.2) is 6.20 Å². The van der Waals surface area contributed by atoms with Gasteiger partial charge in [0.15, 0.2) is 0 Å². The van der Waals surface area contributed by atoms with Gasteiger partial charge in [-0.15, -0.1) is 0 Å². The van der Waals surface area contributed by atoms with Crippen molar-refractivity contribution >= 4 is 0 Å². The van der Waals surface area contributed by atoms with Crippen molar-refractivity contribution in [1.82, 2.24) is 15.1 Å². The number of nitrogens with zero attached hydrogens (tertiary/aromatic N) is 2. The lowest BCUT2D eigenvalue weighted by molar-refractivity contribution is 0.0657. The maximum absolute atomic E-state index is 5.49. The summed E-state index contributed by atoms with van der Waals surface area (Å²) in [6.07, 6.45) is 2.83. The molecule has 0 radical (unpaired) electrons. The number of nitrogens with one attached hydrogen (secondary N) is 1. The third kappa shape index (κ3) is 4.11. The van der Waals surface area contributed by atoms with Crippen molar-refractivity contribution in [3.63, 3.8) is 0 Å². The van der Waals surface area contributed by atoms with E-state index in [0.717, 1.165) is 13.0 Å². The van der Waals surface area contributed by atoms with E-state index >= 15 is 0 Å². The molecule has 0 saturated heterocycles. The Bertz CT molecular complexity index is 306. The van der Waals surface area contributed by atoms with Crippen LogP contribution in [-0.2, 0) is 16.5 Å². The van der Waals surface area contributed by atoms with Crippen LogP contribution in [0.4, 0.5) is 0 Å². The third-order valence-electron chi connectivity index (χ3n) is 2.84. The summed E-state index contributed by atoms with van der Waals surface area (Å²) >= 11 is 0. The monoisotopic (exact) mass is 241 g/mol. The van der Waals surface area contributed by atoms with Crippen molar-refractivity contribution in [2.45, 2.75) is 19.4 Å². The largest absolute Gasteiger partial charge is 0.382 e. The lowest BCUT2D eigenvalue weighted by atomic mass is 10.1. The average molecular weight is 241 g/mol. The van der Waals surface area contributed by atoms with E-state index in [4.69, 9.17) is 9.47 Å². The summed E-state index contributed by atoms with van der Waals surface area (Å²) < 4.78 is 12.3. The number of methoxy groups -OCH3 is 1. The topological polar surface area (TPSA) is 48.3 Å². The Labute approximate surface area is 103 Å². The van der Waals surface area contributed by atoms with E-state index in [1.165, 1.54) is 11.3 Å². The maximum Gasteiger partial charge on any atom is 0.0700 e. The fraction of sp³-hybridized carbons (Fsp3) is 0.750. The normalized spacial score (nSPS) is 12.9. The highest BCUT2D eigenvalue weighted by Crippen LogP contribution is 2.19. The first-order valence-corrected chi connectivity index (χ1v) is 5.93. The van der Waals surface area contributed by atoms with Crippen LogP contribution in [0.1, 0.15) is 23.7 Å².